The molecule has 3 rings (SSSR count). The number of alkyl halides is 1. The van der Waals surface area contributed by atoms with Crippen LogP contribution in [0.3, 0.4) is 0 Å². The van der Waals surface area contributed by atoms with Gasteiger partial charge in [-0.05, 0) is 0 Å². The molecule has 1 aliphatic heterocycles. The molecule has 2 aromatic rings. The van der Waals surface area contributed by atoms with Crippen molar-refractivity contribution in [2.45, 2.75) is 16.8 Å². The van der Waals surface area contributed by atoms with Crippen LogP contribution in [0.15, 0.2) is 18.2 Å². The molecule has 2 amide bonds. The molecule has 0 radical (unpaired) electrons. The Morgan fingerprint density at radius 3 is 3.00 bits per heavy atom. The standard InChI is InChI=1S/C13H12I2N3O2/c1-18-11-7(3-2-4-8(11)14)12(17-18)15-9-5-6-10(19)16-13(9)20/h2-4,9H,5-6H2,1H3,(H,16,19,20)/q-1. The zero-order chi connectivity index (χ0) is 14.3. The second kappa shape index (κ2) is 5.58. The van der Waals surface area contributed by atoms with Gasteiger partial charge in [0.1, 0.15) is 0 Å². The van der Waals surface area contributed by atoms with E-state index in [0.29, 0.717) is 12.8 Å². The molecule has 0 bridgehead atoms. The van der Waals surface area contributed by atoms with E-state index in [9.17, 15) is 9.59 Å². The summed E-state index contributed by atoms with van der Waals surface area (Å²) in [6, 6.07) is 6.13. The molecule has 1 fully saturated rings. The van der Waals surface area contributed by atoms with Crippen LogP contribution in [0.5, 0.6) is 0 Å². The first kappa shape index (κ1) is 14.2. The van der Waals surface area contributed by atoms with Crippen molar-refractivity contribution < 1.29 is 30.8 Å². The number of nitrogens with one attached hydrogen (secondary N) is 1. The summed E-state index contributed by atoms with van der Waals surface area (Å²) >= 11 is 1.75. The van der Waals surface area contributed by atoms with Crippen molar-refractivity contribution in [3.63, 3.8) is 0 Å². The van der Waals surface area contributed by atoms with Gasteiger partial charge in [-0.3, -0.25) is 0 Å². The van der Waals surface area contributed by atoms with Crippen molar-refractivity contribution in [2.75, 3.05) is 0 Å². The summed E-state index contributed by atoms with van der Waals surface area (Å²) in [6.45, 7) is 0. The van der Waals surface area contributed by atoms with E-state index in [1.807, 2.05) is 17.8 Å². The number of para-hydroxylation sites is 1. The van der Waals surface area contributed by atoms with Crippen molar-refractivity contribution >= 4 is 45.3 Å². The molecule has 7 heteroatoms. The molecule has 106 valence electrons. The zero-order valence-corrected chi connectivity index (χ0v) is 15.0. The van der Waals surface area contributed by atoms with Gasteiger partial charge in [-0.1, -0.05) is 0 Å². The summed E-state index contributed by atoms with van der Waals surface area (Å²) in [5.74, 6) is -0.283. The second-order valence-corrected chi connectivity index (χ2v) is 8.89. The number of halogens is 2. The van der Waals surface area contributed by atoms with E-state index >= 15 is 0 Å². The van der Waals surface area contributed by atoms with E-state index in [0.717, 1.165) is 18.2 Å². The maximum absolute atomic E-state index is 11.9. The molecule has 20 heavy (non-hydrogen) atoms. The van der Waals surface area contributed by atoms with Crippen LogP contribution in [0, 0.1) is 7.27 Å². The van der Waals surface area contributed by atoms with Gasteiger partial charge >= 0.3 is 140 Å². The number of carbonyl (C=O) groups excluding carboxylic acids is 2. The van der Waals surface area contributed by atoms with Gasteiger partial charge < -0.3 is 0 Å². The third-order valence-corrected chi connectivity index (χ3v) is 7.38. The van der Waals surface area contributed by atoms with Crippen molar-refractivity contribution in [3.8, 4) is 0 Å². The molecule has 1 aromatic carbocycles. The number of fused-ring (bicyclic) bond motifs is 1. The van der Waals surface area contributed by atoms with E-state index in [4.69, 9.17) is 0 Å². The number of rotatable bonds is 2. The van der Waals surface area contributed by atoms with Gasteiger partial charge in [0.05, 0.1) is 0 Å². The summed E-state index contributed by atoms with van der Waals surface area (Å²) < 4.78 is 4.03. The van der Waals surface area contributed by atoms with Crippen molar-refractivity contribution in [1.82, 2.24) is 15.1 Å². The molecule has 1 unspecified atom stereocenters. The Morgan fingerprint density at radius 2 is 2.25 bits per heavy atom. The molecule has 1 aliphatic rings. The first-order valence-electron chi connectivity index (χ1n) is 6.14. The van der Waals surface area contributed by atoms with Crippen molar-refractivity contribution in [2.24, 2.45) is 7.05 Å². The van der Waals surface area contributed by atoms with Gasteiger partial charge in [-0.25, -0.2) is 0 Å². The topological polar surface area (TPSA) is 64.0 Å². The molecule has 0 aliphatic carbocycles. The van der Waals surface area contributed by atoms with Crippen molar-refractivity contribution in [1.29, 1.82) is 0 Å². The third kappa shape index (κ3) is 2.57. The van der Waals surface area contributed by atoms with E-state index in [1.165, 1.54) is 0 Å². The Bertz CT molecular complexity index is 711. The SMILES string of the molecule is Cn1nc([I-]C2CCC(=O)NC2=O)c2cccc(I)c21. The number of hydrogen-bond acceptors (Lipinski definition) is 3. The minimum atomic E-state index is -0.548. The number of piperidine rings is 1. The van der Waals surface area contributed by atoms with E-state index in [-0.39, 0.29) is 15.7 Å². The quantitative estimate of drug-likeness (QED) is 0.305. The fraction of sp³-hybridized carbons (Fsp3) is 0.308. The van der Waals surface area contributed by atoms with Gasteiger partial charge in [0.25, 0.3) is 0 Å². The van der Waals surface area contributed by atoms with Crippen LogP contribution in [-0.4, -0.2) is 25.5 Å². The number of imide groups is 1. The van der Waals surface area contributed by atoms with Crippen LogP contribution in [0.2, 0.25) is 0 Å². The fourth-order valence-corrected chi connectivity index (χ4v) is 6.06. The molecule has 0 spiro atoms. The molecule has 1 aromatic heterocycles. The van der Waals surface area contributed by atoms with Crippen LogP contribution >= 0.6 is 22.6 Å². The molecular weight excluding hydrogens is 484 g/mol. The van der Waals surface area contributed by atoms with Gasteiger partial charge in [-0.2, -0.15) is 0 Å². The molecule has 5 nitrogen and oxygen atoms in total. The third-order valence-electron chi connectivity index (χ3n) is 3.18. The molecule has 0 saturated carbocycles. The monoisotopic (exact) mass is 496 g/mol. The number of amides is 2. The molecule has 1 N–H and O–H groups in total. The average Bonchev–Trinajstić information content (AvgIpc) is 2.71. The number of carbonyl (C=O) groups is 2. The maximum atomic E-state index is 11.9. The Kier molecular flexibility index (Phi) is 3.98. The summed E-state index contributed by atoms with van der Waals surface area (Å²) in [7, 11) is 1.93. The second-order valence-electron chi connectivity index (χ2n) is 4.58. The van der Waals surface area contributed by atoms with Crippen LogP contribution < -0.4 is 26.5 Å². The predicted octanol–water partition coefficient (Wildman–Crippen LogP) is -1.76. The summed E-state index contributed by atoms with van der Waals surface area (Å²) in [5.41, 5.74) is 1.12. The zero-order valence-electron chi connectivity index (χ0n) is 10.7. The molecule has 1 saturated heterocycles. The van der Waals surface area contributed by atoms with Gasteiger partial charge in [0.15, 0.2) is 0 Å². The summed E-state index contributed by atoms with van der Waals surface area (Å²) in [5, 5.41) is 8.16. The number of hydrogen-bond donors (Lipinski definition) is 1. The summed E-state index contributed by atoms with van der Waals surface area (Å²) in [6.07, 6.45) is 1.10. The average molecular weight is 496 g/mol. The minimum absolute atomic E-state index is 0.0533. The van der Waals surface area contributed by atoms with Crippen molar-refractivity contribution in [3.05, 3.63) is 25.5 Å². The number of aryl methyl sites for hydroxylation is 1. The van der Waals surface area contributed by atoms with Gasteiger partial charge in [-0.15, -0.1) is 0 Å². The Balaban J connectivity index is 1.94. The first-order valence-corrected chi connectivity index (χ1v) is 9.55. The Morgan fingerprint density at radius 1 is 1.45 bits per heavy atom. The molecular formula is C13H12I2N3O2-. The van der Waals surface area contributed by atoms with Gasteiger partial charge in [0, 0.05) is 0 Å². The van der Waals surface area contributed by atoms with E-state index in [1.54, 1.807) is 0 Å². The molecule has 1 atom stereocenters. The van der Waals surface area contributed by atoms with Crippen LogP contribution in [0.1, 0.15) is 12.8 Å². The van der Waals surface area contributed by atoms with E-state index in [2.05, 4.69) is 45.1 Å². The Labute approximate surface area is 139 Å². The molecule has 2 heterocycles. The number of benzene rings is 1. The number of aromatic nitrogens is 2. The van der Waals surface area contributed by atoms with E-state index < -0.39 is 21.2 Å². The summed E-state index contributed by atoms with van der Waals surface area (Å²) in [4.78, 5) is 23.1. The van der Waals surface area contributed by atoms with Crippen LogP contribution in [-0.2, 0) is 16.6 Å². The van der Waals surface area contributed by atoms with Crippen LogP contribution in [0.4, 0.5) is 0 Å². The Hall–Kier alpha value is -0.710. The van der Waals surface area contributed by atoms with Gasteiger partial charge in [0.2, 0.25) is 0 Å². The predicted molar refractivity (Wildman–Crippen MR) is 78.3 cm³/mol. The van der Waals surface area contributed by atoms with Crippen LogP contribution in [0.25, 0.3) is 10.9 Å². The fourth-order valence-electron chi connectivity index (χ4n) is 2.22. The normalized spacial score (nSPS) is 19.6. The number of nitrogens with zero attached hydrogens (tertiary/aromatic N) is 2. The first-order chi connectivity index (χ1) is 9.56.